The van der Waals surface area contributed by atoms with E-state index in [2.05, 4.69) is 78.5 Å². The van der Waals surface area contributed by atoms with E-state index in [0.29, 0.717) is 0 Å². The quantitative estimate of drug-likeness (QED) is 0.666. The molecule has 0 aromatic heterocycles. The third kappa shape index (κ3) is 2.17. The molecule has 0 nitrogen and oxygen atoms in total. The van der Waals surface area contributed by atoms with Crippen molar-refractivity contribution < 1.29 is 0 Å². The van der Waals surface area contributed by atoms with Gasteiger partial charge in [0.15, 0.2) is 0 Å². The summed E-state index contributed by atoms with van der Waals surface area (Å²) in [5.41, 5.74) is 4.52. The van der Waals surface area contributed by atoms with Crippen molar-refractivity contribution in [3.8, 4) is 0 Å². The number of hydrogen-bond donors (Lipinski definition) is 0. The summed E-state index contributed by atoms with van der Waals surface area (Å²) in [4.78, 5) is 1.88. The van der Waals surface area contributed by atoms with E-state index in [1.807, 2.05) is 4.82 Å². The Hall–Kier alpha value is -0.606. The molecule has 1 aliphatic heterocycles. The summed E-state index contributed by atoms with van der Waals surface area (Å²) in [6.07, 6.45) is 2.59. The molecule has 1 aromatic rings. The minimum Gasteiger partial charge on any atom is -0.0851 e. The highest BCUT2D eigenvalue weighted by atomic mass is 28.4. The van der Waals surface area contributed by atoms with Gasteiger partial charge in [-0.3, -0.25) is 0 Å². The molecule has 2 rings (SSSR count). The normalized spacial score (nSPS) is 17.6. The second-order valence-corrected chi connectivity index (χ2v) is 18.7. The van der Waals surface area contributed by atoms with Gasteiger partial charge in [0.05, 0.1) is 8.07 Å². The van der Waals surface area contributed by atoms with Gasteiger partial charge >= 0.3 is 0 Å². The van der Waals surface area contributed by atoms with Crippen LogP contribution in [-0.2, 0) is 0 Å². The molecule has 0 spiro atoms. The molecule has 0 fully saturated rings. The Morgan fingerprint density at radius 3 is 1.95 bits per heavy atom. The van der Waals surface area contributed by atoms with Crippen LogP contribution >= 0.6 is 0 Å². The summed E-state index contributed by atoms with van der Waals surface area (Å²) in [7, 11) is -2.86. The van der Waals surface area contributed by atoms with Gasteiger partial charge in [0.2, 0.25) is 0 Å². The Bertz CT molecular complexity index is 537. The van der Waals surface area contributed by atoms with Gasteiger partial charge in [-0.25, -0.2) is 0 Å². The minimum atomic E-state index is -1.58. The maximum atomic E-state index is 2.59. The van der Waals surface area contributed by atoms with Crippen molar-refractivity contribution in [1.82, 2.24) is 0 Å². The highest BCUT2D eigenvalue weighted by molar-refractivity contribution is 7.15. The van der Waals surface area contributed by atoms with Crippen LogP contribution < -0.4 is 5.19 Å². The first-order valence-electron chi connectivity index (χ1n) is 7.95. The molecular formula is C18H30Si2. The largest absolute Gasteiger partial charge is 0.115 e. The van der Waals surface area contributed by atoms with E-state index < -0.39 is 16.1 Å². The molecule has 1 aromatic carbocycles. The second-order valence-electron chi connectivity index (χ2n) is 8.08. The zero-order valence-electron chi connectivity index (χ0n) is 14.5. The monoisotopic (exact) mass is 302 g/mol. The zero-order valence-corrected chi connectivity index (χ0v) is 16.5. The predicted molar refractivity (Wildman–Crippen MR) is 98.1 cm³/mol. The molecule has 0 atom stereocenters. The topological polar surface area (TPSA) is 0 Å². The Balaban J connectivity index is 2.79. The Kier molecular flexibility index (Phi) is 3.94. The first-order valence-corrected chi connectivity index (χ1v) is 13.6. The number of rotatable bonds is 3. The molecule has 20 heavy (non-hydrogen) atoms. The van der Waals surface area contributed by atoms with Crippen LogP contribution in [0.2, 0.25) is 30.7 Å². The molecule has 0 saturated carbocycles. The lowest BCUT2D eigenvalue weighted by atomic mass is 10.1. The highest BCUT2D eigenvalue weighted by Crippen LogP contribution is 2.46. The van der Waals surface area contributed by atoms with Crippen molar-refractivity contribution in [1.29, 1.82) is 0 Å². The van der Waals surface area contributed by atoms with Gasteiger partial charge in [0, 0.05) is 0 Å². The molecule has 1 heterocycles. The maximum Gasteiger partial charge on any atom is 0.115 e. The van der Waals surface area contributed by atoms with E-state index in [9.17, 15) is 0 Å². The fourth-order valence-electron chi connectivity index (χ4n) is 4.32. The van der Waals surface area contributed by atoms with E-state index in [4.69, 9.17) is 0 Å². The van der Waals surface area contributed by atoms with Crippen LogP contribution in [0.3, 0.4) is 0 Å². The van der Waals surface area contributed by atoms with Crippen molar-refractivity contribution in [2.24, 2.45) is 0 Å². The standard InChI is InChI=1S/C18H30Si2/c1-13(2)20(14(3)4)17-11-15(5)9-10-16(17)12-18(20)19(6,7)8/h9-14H,1-8H3. The lowest BCUT2D eigenvalue weighted by molar-refractivity contribution is 0.925. The van der Waals surface area contributed by atoms with Gasteiger partial charge in [-0.2, -0.15) is 0 Å². The fourth-order valence-corrected chi connectivity index (χ4v) is 17.6. The van der Waals surface area contributed by atoms with E-state index in [-0.39, 0.29) is 0 Å². The third-order valence-corrected chi connectivity index (χ3v) is 16.3. The van der Waals surface area contributed by atoms with Crippen LogP contribution in [0.5, 0.6) is 0 Å². The van der Waals surface area contributed by atoms with Crippen molar-refractivity contribution in [2.45, 2.75) is 65.3 Å². The van der Waals surface area contributed by atoms with E-state index >= 15 is 0 Å². The first-order chi connectivity index (χ1) is 9.11. The van der Waals surface area contributed by atoms with Gasteiger partial charge in [-0.15, -0.1) is 0 Å². The predicted octanol–water partition coefficient (Wildman–Crippen LogP) is 5.28. The summed E-state index contributed by atoms with van der Waals surface area (Å²) >= 11 is 0. The van der Waals surface area contributed by atoms with Crippen LogP contribution in [0, 0.1) is 6.92 Å². The SMILES string of the molecule is Cc1ccc2c(c1)[Si](C(C)C)(C(C)C)C([Si](C)(C)C)=C2. The fraction of sp³-hybridized carbons (Fsp3) is 0.556. The molecule has 1 aliphatic rings. The molecule has 0 amide bonds. The molecular weight excluding hydrogens is 272 g/mol. The molecule has 0 saturated heterocycles. The molecule has 0 radical (unpaired) electrons. The van der Waals surface area contributed by atoms with E-state index in [1.165, 1.54) is 11.1 Å². The van der Waals surface area contributed by atoms with Gasteiger partial charge < -0.3 is 0 Å². The second kappa shape index (κ2) is 4.99. The summed E-state index contributed by atoms with van der Waals surface area (Å²) < 4.78 is 0. The molecule has 0 N–H and O–H groups in total. The molecule has 110 valence electrons. The lowest BCUT2D eigenvalue weighted by Crippen LogP contribution is -2.58. The summed E-state index contributed by atoms with van der Waals surface area (Å²) in [5.74, 6) is 0. The molecule has 0 bridgehead atoms. The first kappa shape index (κ1) is 15.8. The van der Waals surface area contributed by atoms with Gasteiger partial charge in [0.25, 0.3) is 0 Å². The van der Waals surface area contributed by atoms with Crippen molar-refractivity contribution in [3.63, 3.8) is 0 Å². The Morgan fingerprint density at radius 2 is 1.50 bits per heavy atom. The van der Waals surface area contributed by atoms with Crippen LogP contribution in [0.25, 0.3) is 6.08 Å². The third-order valence-electron chi connectivity index (χ3n) is 5.03. The Morgan fingerprint density at radius 1 is 0.950 bits per heavy atom. The summed E-state index contributed by atoms with van der Waals surface area (Å²) in [5, 5.41) is 1.72. The van der Waals surface area contributed by atoms with Crippen molar-refractivity contribution in [2.75, 3.05) is 0 Å². The highest BCUT2D eigenvalue weighted by Gasteiger charge is 2.52. The average Bonchev–Trinajstić information content (AvgIpc) is 2.63. The van der Waals surface area contributed by atoms with Gasteiger partial charge in [-0.05, 0) is 28.8 Å². The maximum absolute atomic E-state index is 2.59. The molecule has 0 aliphatic carbocycles. The number of fused-ring (bicyclic) bond motifs is 1. The lowest BCUT2D eigenvalue weighted by Gasteiger charge is -2.44. The van der Waals surface area contributed by atoms with Crippen molar-refractivity contribution in [3.05, 3.63) is 34.1 Å². The van der Waals surface area contributed by atoms with Gasteiger partial charge in [-0.1, -0.05) is 82.0 Å². The molecule has 2 heteroatoms. The Labute approximate surface area is 127 Å². The smallest absolute Gasteiger partial charge is 0.0851 e. The average molecular weight is 303 g/mol. The number of aryl methyl sites for hydroxylation is 1. The van der Waals surface area contributed by atoms with Crippen LogP contribution in [0.15, 0.2) is 23.0 Å². The summed E-state index contributed by atoms with van der Waals surface area (Å²) in [6.45, 7) is 19.7. The van der Waals surface area contributed by atoms with Gasteiger partial charge in [0.1, 0.15) is 8.07 Å². The minimum absolute atomic E-state index is 0.781. The number of hydrogen-bond acceptors (Lipinski definition) is 0. The van der Waals surface area contributed by atoms with E-state index in [0.717, 1.165) is 11.1 Å². The number of benzene rings is 1. The van der Waals surface area contributed by atoms with Crippen LogP contribution in [0.4, 0.5) is 0 Å². The van der Waals surface area contributed by atoms with E-state index in [1.54, 1.807) is 5.19 Å². The molecule has 0 unspecified atom stereocenters. The van der Waals surface area contributed by atoms with Crippen LogP contribution in [-0.4, -0.2) is 16.1 Å². The summed E-state index contributed by atoms with van der Waals surface area (Å²) in [6, 6.07) is 7.15. The zero-order chi connectivity index (χ0) is 15.3. The van der Waals surface area contributed by atoms with Crippen molar-refractivity contribution >= 4 is 27.4 Å². The van der Waals surface area contributed by atoms with Crippen LogP contribution in [0.1, 0.15) is 38.8 Å².